The van der Waals surface area contributed by atoms with E-state index in [1.54, 1.807) is 5.56 Å². The summed E-state index contributed by atoms with van der Waals surface area (Å²) < 4.78 is 2.63. The van der Waals surface area contributed by atoms with Gasteiger partial charge in [0.25, 0.3) is 6.71 Å². The molecule has 0 N–H and O–H groups in total. The SMILES string of the molecule is CC(C)(C)c1cc2c3c(c1)-n1c4ccccc4c4cccc(c41)B3c1cc(C(C)(C)C)cc3c1N2C1(C)CCCCC31C. The second kappa shape index (κ2) is 7.78. The van der Waals surface area contributed by atoms with E-state index in [-0.39, 0.29) is 28.5 Å². The van der Waals surface area contributed by atoms with Crippen LogP contribution in [-0.2, 0) is 16.2 Å². The first-order valence-corrected chi connectivity index (χ1v) is 16.5. The third-order valence-corrected chi connectivity index (χ3v) is 12.2. The molecule has 2 atom stereocenters. The maximum Gasteiger partial charge on any atom is 0.252 e. The quantitative estimate of drug-likeness (QED) is 0.169. The number of rotatable bonds is 0. The van der Waals surface area contributed by atoms with Gasteiger partial charge in [0, 0.05) is 38.8 Å². The van der Waals surface area contributed by atoms with Crippen LogP contribution in [0.3, 0.4) is 0 Å². The Kier molecular flexibility index (Phi) is 4.71. The van der Waals surface area contributed by atoms with Crippen molar-refractivity contribution in [2.45, 2.75) is 103 Å². The number of para-hydroxylation sites is 2. The summed E-state index contributed by atoms with van der Waals surface area (Å²) >= 11 is 0. The summed E-state index contributed by atoms with van der Waals surface area (Å²) in [4.78, 5) is 2.88. The lowest BCUT2D eigenvalue weighted by molar-refractivity contribution is 0.195. The van der Waals surface area contributed by atoms with Crippen molar-refractivity contribution in [2.75, 3.05) is 4.90 Å². The minimum Gasteiger partial charge on any atom is -0.335 e. The first-order chi connectivity index (χ1) is 20.3. The second-order valence-corrected chi connectivity index (χ2v) is 16.6. The predicted molar refractivity (Wildman–Crippen MR) is 186 cm³/mol. The van der Waals surface area contributed by atoms with Crippen molar-refractivity contribution in [3.8, 4) is 5.69 Å². The van der Waals surface area contributed by atoms with Crippen molar-refractivity contribution in [1.82, 2.24) is 4.57 Å². The number of hydrogen-bond donors (Lipinski definition) is 0. The average molecular weight is 563 g/mol. The van der Waals surface area contributed by atoms with Gasteiger partial charge in [-0.05, 0) is 81.9 Å². The summed E-state index contributed by atoms with van der Waals surface area (Å²) in [5, 5.41) is 2.73. The van der Waals surface area contributed by atoms with E-state index in [0.29, 0.717) is 0 Å². The van der Waals surface area contributed by atoms with Gasteiger partial charge in [0.05, 0.1) is 11.1 Å². The van der Waals surface area contributed by atoms with Crippen LogP contribution in [0.2, 0.25) is 0 Å². The zero-order valence-corrected chi connectivity index (χ0v) is 27.2. The van der Waals surface area contributed by atoms with Crippen LogP contribution in [0.5, 0.6) is 0 Å². The molecule has 0 bridgehead atoms. The van der Waals surface area contributed by atoms with Crippen LogP contribution in [0.4, 0.5) is 11.4 Å². The zero-order valence-electron chi connectivity index (χ0n) is 27.2. The maximum atomic E-state index is 2.88. The van der Waals surface area contributed by atoms with Crippen LogP contribution in [0, 0.1) is 0 Å². The van der Waals surface area contributed by atoms with Crippen LogP contribution in [0.15, 0.2) is 66.7 Å². The smallest absolute Gasteiger partial charge is 0.252 e. The molecule has 0 radical (unpaired) electrons. The van der Waals surface area contributed by atoms with Gasteiger partial charge in [-0.15, -0.1) is 0 Å². The summed E-state index contributed by atoms with van der Waals surface area (Å²) in [6.45, 7) is 19.8. The van der Waals surface area contributed by atoms with Crippen LogP contribution < -0.4 is 21.3 Å². The molecule has 1 saturated carbocycles. The molecular formula is C40H43BN2. The van der Waals surface area contributed by atoms with E-state index in [0.717, 1.165) is 0 Å². The van der Waals surface area contributed by atoms with Crippen molar-refractivity contribution >= 4 is 56.3 Å². The van der Waals surface area contributed by atoms with E-state index in [2.05, 4.69) is 132 Å². The lowest BCUT2D eigenvalue weighted by Gasteiger charge is -2.52. The first-order valence-electron chi connectivity index (χ1n) is 16.5. The van der Waals surface area contributed by atoms with Gasteiger partial charge in [0.1, 0.15) is 0 Å². The molecule has 3 aliphatic heterocycles. The van der Waals surface area contributed by atoms with Gasteiger partial charge in [-0.3, -0.25) is 0 Å². The summed E-state index contributed by atoms with van der Waals surface area (Å²) in [5.74, 6) is 0. The van der Waals surface area contributed by atoms with Crippen LogP contribution in [0.25, 0.3) is 27.5 Å². The Labute approximate surface area is 257 Å². The van der Waals surface area contributed by atoms with Gasteiger partial charge < -0.3 is 9.47 Å². The third-order valence-electron chi connectivity index (χ3n) is 12.2. The summed E-state index contributed by atoms with van der Waals surface area (Å²) in [6.07, 6.45) is 5.10. The lowest BCUT2D eigenvalue weighted by Crippen LogP contribution is -2.64. The molecular weight excluding hydrogens is 519 g/mol. The molecule has 2 unspecified atom stereocenters. The first kappa shape index (κ1) is 26.0. The topological polar surface area (TPSA) is 8.17 Å². The fourth-order valence-electron chi connectivity index (χ4n) is 9.62. The Morgan fingerprint density at radius 3 is 2.14 bits per heavy atom. The van der Waals surface area contributed by atoms with Crippen LogP contribution in [0.1, 0.15) is 97.8 Å². The van der Waals surface area contributed by atoms with E-state index < -0.39 is 0 Å². The Morgan fingerprint density at radius 1 is 0.698 bits per heavy atom. The molecule has 43 heavy (non-hydrogen) atoms. The van der Waals surface area contributed by atoms with Gasteiger partial charge in [-0.25, -0.2) is 0 Å². The van der Waals surface area contributed by atoms with Crippen LogP contribution in [-0.4, -0.2) is 16.8 Å². The highest BCUT2D eigenvalue weighted by molar-refractivity contribution is 7.00. The van der Waals surface area contributed by atoms with Gasteiger partial charge in [0.2, 0.25) is 0 Å². The molecule has 3 heteroatoms. The Hall–Kier alpha value is -3.46. The number of anilines is 2. The summed E-state index contributed by atoms with van der Waals surface area (Å²) in [6, 6.07) is 26.5. The number of fused-ring (bicyclic) bond motifs is 10. The molecule has 1 aromatic heterocycles. The molecule has 2 nitrogen and oxygen atoms in total. The Balaban J connectivity index is 1.52. The van der Waals surface area contributed by atoms with Crippen LogP contribution >= 0.6 is 0 Å². The van der Waals surface area contributed by atoms with Crippen molar-refractivity contribution in [3.63, 3.8) is 0 Å². The molecule has 1 aliphatic carbocycles. The van der Waals surface area contributed by atoms with E-state index in [1.807, 2.05) is 0 Å². The molecule has 0 spiro atoms. The molecule has 5 aromatic rings. The molecule has 216 valence electrons. The fourth-order valence-corrected chi connectivity index (χ4v) is 9.62. The normalized spacial score (nSPS) is 23.5. The lowest BCUT2D eigenvalue weighted by atomic mass is 9.33. The highest BCUT2D eigenvalue weighted by atomic mass is 15.3. The highest BCUT2D eigenvalue weighted by Crippen LogP contribution is 2.62. The fraction of sp³-hybridized carbons (Fsp3) is 0.400. The summed E-state index contributed by atoms with van der Waals surface area (Å²) in [7, 11) is 0. The molecule has 4 heterocycles. The monoisotopic (exact) mass is 562 g/mol. The molecule has 0 amide bonds. The third kappa shape index (κ3) is 2.97. The van der Waals surface area contributed by atoms with Crippen molar-refractivity contribution in [2.24, 2.45) is 0 Å². The molecule has 0 saturated heterocycles. The number of hydrogen-bond acceptors (Lipinski definition) is 1. The zero-order chi connectivity index (χ0) is 29.8. The standard InChI is InChI=1S/C40H43BN2/c1-37(2,3)24-20-28-36-30(21-24)41-29-16-13-15-27-26-14-9-10-17-31(26)42(35(27)29)32-22-25(38(4,5)6)23-33(34(32)41)43(36)40(8)19-12-11-18-39(28,40)7/h9-10,13-17,20-23H,11-12,18-19H2,1-8H3. The summed E-state index contributed by atoms with van der Waals surface area (Å²) in [5.41, 5.74) is 16.4. The van der Waals surface area contributed by atoms with E-state index >= 15 is 0 Å². The van der Waals surface area contributed by atoms with Gasteiger partial charge in [-0.2, -0.15) is 0 Å². The number of nitrogens with zero attached hydrogens (tertiary/aromatic N) is 2. The average Bonchev–Trinajstić information content (AvgIpc) is 3.40. The largest absolute Gasteiger partial charge is 0.335 e. The van der Waals surface area contributed by atoms with Gasteiger partial charge in [-0.1, -0.05) is 110 Å². The number of benzene rings is 4. The Morgan fingerprint density at radius 2 is 1.37 bits per heavy atom. The highest BCUT2D eigenvalue weighted by Gasteiger charge is 2.61. The predicted octanol–water partition coefficient (Wildman–Crippen LogP) is 8.26. The second-order valence-electron chi connectivity index (χ2n) is 16.6. The van der Waals surface area contributed by atoms with E-state index in [9.17, 15) is 0 Å². The molecule has 9 rings (SSSR count). The Bertz CT molecular complexity index is 2050. The van der Waals surface area contributed by atoms with Crippen molar-refractivity contribution in [3.05, 3.63) is 83.4 Å². The van der Waals surface area contributed by atoms with E-state index in [1.165, 1.54) is 92.1 Å². The van der Waals surface area contributed by atoms with Gasteiger partial charge >= 0.3 is 0 Å². The minimum atomic E-state index is 0.0375. The van der Waals surface area contributed by atoms with Crippen molar-refractivity contribution in [1.29, 1.82) is 0 Å². The minimum absolute atomic E-state index is 0.0375. The molecule has 1 fully saturated rings. The van der Waals surface area contributed by atoms with E-state index in [4.69, 9.17) is 0 Å². The molecule has 4 aromatic carbocycles. The number of aromatic nitrogens is 1. The van der Waals surface area contributed by atoms with Crippen molar-refractivity contribution < 1.29 is 0 Å². The van der Waals surface area contributed by atoms with Gasteiger partial charge in [0.15, 0.2) is 0 Å². The molecule has 4 aliphatic rings. The maximum absolute atomic E-state index is 2.88.